The third-order valence-electron chi connectivity index (χ3n) is 4.69. The number of hydrogen-bond acceptors (Lipinski definition) is 2. The van der Waals surface area contributed by atoms with Crippen LogP contribution in [0.15, 0.2) is 30.3 Å². The van der Waals surface area contributed by atoms with Crippen LogP contribution in [-0.2, 0) is 11.3 Å². The van der Waals surface area contributed by atoms with Crippen molar-refractivity contribution in [3.8, 4) is 0 Å². The lowest BCUT2D eigenvalue weighted by Crippen LogP contribution is -2.26. The van der Waals surface area contributed by atoms with Gasteiger partial charge in [-0.15, -0.1) is 11.6 Å². The lowest BCUT2D eigenvalue weighted by atomic mass is 9.94. The van der Waals surface area contributed by atoms with Gasteiger partial charge in [-0.1, -0.05) is 65.1 Å². The predicted molar refractivity (Wildman–Crippen MR) is 102 cm³/mol. The monoisotopic (exact) mass is 412 g/mol. The number of benzene rings is 1. The zero-order valence-electron chi connectivity index (χ0n) is 13.6. The molecular weight excluding hydrogens is 390 g/mol. The number of ether oxygens (including phenoxy) is 1. The Morgan fingerprint density at radius 1 is 1.12 bits per heavy atom. The van der Waals surface area contributed by atoms with Crippen molar-refractivity contribution in [2.75, 3.05) is 12.5 Å². The minimum atomic E-state index is -1.29. The van der Waals surface area contributed by atoms with E-state index in [0.717, 1.165) is 12.0 Å². The van der Waals surface area contributed by atoms with Crippen LogP contribution in [0.2, 0.25) is 0 Å². The summed E-state index contributed by atoms with van der Waals surface area (Å²) in [6.45, 7) is 1.22. The Hall–Kier alpha value is 0.300. The molecule has 1 aromatic rings. The van der Waals surface area contributed by atoms with E-state index >= 15 is 0 Å². The van der Waals surface area contributed by atoms with Gasteiger partial charge in [-0.25, -0.2) is 0 Å². The fourth-order valence-electron chi connectivity index (χ4n) is 3.58. The quantitative estimate of drug-likeness (QED) is 0.434. The lowest BCUT2D eigenvalue weighted by molar-refractivity contribution is 0.0185. The highest BCUT2D eigenvalue weighted by molar-refractivity contribution is 6.67. The van der Waals surface area contributed by atoms with E-state index in [1.807, 2.05) is 30.3 Å². The van der Waals surface area contributed by atoms with E-state index < -0.39 is 9.39 Å². The standard InChI is InChI=1S/C18H24Cl4O2/c19-12-16-10-17(23,9-15(16)11-18(20,21)22)7-4-8-24-13-14-5-2-1-3-6-14/h1-3,5-6,15-16,23H,4,7-13H2/t15-,16+,17+/m1/s1. The second-order valence-electron chi connectivity index (χ2n) is 6.77. The smallest absolute Gasteiger partial charge is 0.190 e. The molecule has 0 bridgehead atoms. The minimum absolute atomic E-state index is 0.144. The summed E-state index contributed by atoms with van der Waals surface area (Å²) < 4.78 is 4.39. The van der Waals surface area contributed by atoms with Crippen LogP contribution in [0.3, 0.4) is 0 Å². The molecule has 1 aliphatic rings. The van der Waals surface area contributed by atoms with E-state index in [1.54, 1.807) is 0 Å². The lowest BCUT2D eigenvalue weighted by Gasteiger charge is -2.23. The van der Waals surface area contributed by atoms with E-state index in [0.29, 0.717) is 44.8 Å². The van der Waals surface area contributed by atoms with Gasteiger partial charge in [0.1, 0.15) is 0 Å². The highest BCUT2D eigenvalue weighted by Crippen LogP contribution is 2.48. The maximum Gasteiger partial charge on any atom is 0.190 e. The third-order valence-corrected chi connectivity index (χ3v) is 5.54. The van der Waals surface area contributed by atoms with Crippen LogP contribution >= 0.6 is 46.4 Å². The Balaban J connectivity index is 1.73. The summed E-state index contributed by atoms with van der Waals surface area (Å²) in [5.74, 6) is 0.820. The highest BCUT2D eigenvalue weighted by atomic mass is 35.6. The van der Waals surface area contributed by atoms with Crippen molar-refractivity contribution in [3.63, 3.8) is 0 Å². The minimum Gasteiger partial charge on any atom is -0.390 e. The molecule has 3 atom stereocenters. The summed E-state index contributed by atoms with van der Waals surface area (Å²) >= 11 is 23.8. The first-order chi connectivity index (χ1) is 11.3. The molecule has 0 amide bonds. The van der Waals surface area contributed by atoms with Crippen molar-refractivity contribution in [2.24, 2.45) is 11.8 Å². The van der Waals surface area contributed by atoms with Gasteiger partial charge in [-0.2, -0.15) is 0 Å². The predicted octanol–water partition coefficient (Wildman–Crippen LogP) is 5.74. The van der Waals surface area contributed by atoms with E-state index in [9.17, 15) is 5.11 Å². The molecule has 1 fully saturated rings. The van der Waals surface area contributed by atoms with Crippen molar-refractivity contribution in [1.82, 2.24) is 0 Å². The van der Waals surface area contributed by atoms with Crippen LogP contribution in [0, 0.1) is 11.8 Å². The number of alkyl halides is 4. The van der Waals surface area contributed by atoms with Gasteiger partial charge < -0.3 is 9.84 Å². The average molecular weight is 414 g/mol. The first kappa shape index (κ1) is 20.6. The van der Waals surface area contributed by atoms with E-state index in [-0.39, 0.29) is 11.8 Å². The van der Waals surface area contributed by atoms with Crippen LogP contribution in [-0.4, -0.2) is 27.0 Å². The maximum absolute atomic E-state index is 10.8. The molecule has 0 heterocycles. The summed E-state index contributed by atoms with van der Waals surface area (Å²) in [5.41, 5.74) is 0.429. The molecule has 24 heavy (non-hydrogen) atoms. The Labute approximate surface area is 164 Å². The molecule has 1 aliphatic carbocycles. The summed E-state index contributed by atoms with van der Waals surface area (Å²) in [4.78, 5) is 0. The maximum atomic E-state index is 10.8. The number of aliphatic hydroxyl groups is 1. The molecule has 2 nitrogen and oxygen atoms in total. The van der Waals surface area contributed by atoms with Crippen LogP contribution in [0.4, 0.5) is 0 Å². The molecule has 6 heteroatoms. The van der Waals surface area contributed by atoms with Gasteiger partial charge in [0.25, 0.3) is 0 Å². The van der Waals surface area contributed by atoms with E-state index in [4.69, 9.17) is 51.1 Å². The van der Waals surface area contributed by atoms with Gasteiger partial charge in [0.05, 0.1) is 12.2 Å². The summed E-state index contributed by atoms with van der Waals surface area (Å²) in [6, 6.07) is 10.1. The van der Waals surface area contributed by atoms with Gasteiger partial charge in [0.15, 0.2) is 3.79 Å². The van der Waals surface area contributed by atoms with Gasteiger partial charge in [-0.3, -0.25) is 0 Å². The van der Waals surface area contributed by atoms with Gasteiger partial charge in [0, 0.05) is 12.5 Å². The van der Waals surface area contributed by atoms with Crippen molar-refractivity contribution >= 4 is 46.4 Å². The third kappa shape index (κ3) is 6.90. The van der Waals surface area contributed by atoms with Crippen LogP contribution < -0.4 is 0 Å². The molecule has 0 spiro atoms. The van der Waals surface area contributed by atoms with Gasteiger partial charge >= 0.3 is 0 Å². The molecule has 1 saturated carbocycles. The zero-order chi connectivity index (χ0) is 17.6. The Morgan fingerprint density at radius 2 is 1.79 bits per heavy atom. The van der Waals surface area contributed by atoms with Crippen LogP contribution in [0.5, 0.6) is 0 Å². The molecular formula is C18H24Cl4O2. The van der Waals surface area contributed by atoms with Gasteiger partial charge in [0.2, 0.25) is 0 Å². The molecule has 0 unspecified atom stereocenters. The molecule has 1 N–H and O–H groups in total. The van der Waals surface area contributed by atoms with Crippen molar-refractivity contribution < 1.29 is 9.84 Å². The molecule has 0 aliphatic heterocycles. The number of rotatable bonds is 8. The molecule has 1 aromatic carbocycles. The topological polar surface area (TPSA) is 29.5 Å². The zero-order valence-corrected chi connectivity index (χ0v) is 16.6. The van der Waals surface area contributed by atoms with Crippen LogP contribution in [0.25, 0.3) is 0 Å². The molecule has 136 valence electrons. The molecule has 0 saturated heterocycles. The summed E-state index contributed by atoms with van der Waals surface area (Å²) in [5, 5.41) is 10.8. The second kappa shape index (κ2) is 9.30. The van der Waals surface area contributed by atoms with Crippen molar-refractivity contribution in [3.05, 3.63) is 35.9 Å². The van der Waals surface area contributed by atoms with E-state index in [2.05, 4.69) is 0 Å². The van der Waals surface area contributed by atoms with Crippen LogP contribution in [0.1, 0.15) is 37.7 Å². The fraction of sp³-hybridized carbons (Fsp3) is 0.667. The fourth-order valence-corrected chi connectivity index (χ4v) is 4.54. The largest absolute Gasteiger partial charge is 0.390 e. The summed E-state index contributed by atoms with van der Waals surface area (Å²) in [7, 11) is 0. The molecule has 0 radical (unpaired) electrons. The molecule has 2 rings (SSSR count). The first-order valence-corrected chi connectivity index (χ1v) is 9.95. The normalized spacial score (nSPS) is 27.5. The first-order valence-electron chi connectivity index (χ1n) is 8.28. The van der Waals surface area contributed by atoms with Crippen molar-refractivity contribution in [1.29, 1.82) is 0 Å². The second-order valence-corrected chi connectivity index (χ2v) is 9.59. The van der Waals surface area contributed by atoms with Crippen molar-refractivity contribution in [2.45, 2.75) is 48.1 Å². The SMILES string of the molecule is O[C@]1(CCCOCc2ccccc2)C[C@@H](CCl)[C@@H](CC(Cl)(Cl)Cl)C1. The Bertz CT molecular complexity index is 492. The number of halogens is 4. The Morgan fingerprint density at radius 3 is 2.42 bits per heavy atom. The molecule has 0 aromatic heterocycles. The van der Waals surface area contributed by atoms with E-state index in [1.165, 1.54) is 0 Å². The summed E-state index contributed by atoms with van der Waals surface area (Å²) in [6.07, 6.45) is 3.23. The highest BCUT2D eigenvalue weighted by Gasteiger charge is 2.45. The number of hydrogen-bond donors (Lipinski definition) is 1. The van der Waals surface area contributed by atoms with Gasteiger partial charge in [-0.05, 0) is 49.5 Å². The average Bonchev–Trinajstić information content (AvgIpc) is 2.82. The Kier molecular flexibility index (Phi) is 7.99.